The van der Waals surface area contributed by atoms with Crippen molar-refractivity contribution in [1.29, 1.82) is 5.26 Å². The summed E-state index contributed by atoms with van der Waals surface area (Å²) < 4.78 is 0. The number of nitriles is 1. The fourth-order valence-corrected chi connectivity index (χ4v) is 2.68. The van der Waals surface area contributed by atoms with E-state index in [2.05, 4.69) is 22.8 Å². The first-order chi connectivity index (χ1) is 10.2. The lowest BCUT2D eigenvalue weighted by Crippen LogP contribution is -2.50. The minimum Gasteiger partial charge on any atom is -0.369 e. The van der Waals surface area contributed by atoms with Crippen LogP contribution in [0.1, 0.15) is 19.8 Å². The van der Waals surface area contributed by atoms with Crippen molar-refractivity contribution in [1.82, 2.24) is 4.90 Å². The maximum atomic E-state index is 10.7. The molecule has 1 heterocycles. The number of hydrogen-bond acceptors (Lipinski definition) is 5. The zero-order chi connectivity index (χ0) is 15.2. The van der Waals surface area contributed by atoms with E-state index in [0.717, 1.165) is 44.7 Å². The highest BCUT2D eigenvalue weighted by Gasteiger charge is 2.23. The monoisotopic (exact) mass is 288 g/mol. The lowest BCUT2D eigenvalue weighted by molar-refractivity contribution is -0.384. The average molecular weight is 288 g/mol. The molecule has 0 amide bonds. The van der Waals surface area contributed by atoms with Crippen molar-refractivity contribution in [3.63, 3.8) is 0 Å². The molecular formula is C15H20N4O2. The zero-order valence-electron chi connectivity index (χ0n) is 12.2. The Kier molecular flexibility index (Phi) is 5.12. The molecule has 0 spiro atoms. The van der Waals surface area contributed by atoms with Gasteiger partial charge in [-0.1, -0.05) is 13.3 Å². The highest BCUT2D eigenvalue weighted by molar-refractivity contribution is 5.51. The van der Waals surface area contributed by atoms with Gasteiger partial charge in [0.15, 0.2) is 0 Å². The van der Waals surface area contributed by atoms with Gasteiger partial charge in [0.05, 0.1) is 17.0 Å². The first-order valence-electron chi connectivity index (χ1n) is 7.28. The van der Waals surface area contributed by atoms with E-state index in [4.69, 9.17) is 0 Å². The molecule has 0 N–H and O–H groups in total. The SMILES string of the molecule is CCCC(C#N)N1CCN(c2ccc([N+](=O)[O-])cc2)CC1. The van der Waals surface area contributed by atoms with Crippen LogP contribution < -0.4 is 4.90 Å². The summed E-state index contributed by atoms with van der Waals surface area (Å²) in [5.41, 5.74) is 1.12. The van der Waals surface area contributed by atoms with E-state index < -0.39 is 0 Å². The lowest BCUT2D eigenvalue weighted by Gasteiger charge is -2.38. The lowest BCUT2D eigenvalue weighted by atomic mass is 10.1. The van der Waals surface area contributed by atoms with Gasteiger partial charge in [-0.2, -0.15) is 5.26 Å². The molecule has 0 radical (unpaired) electrons. The van der Waals surface area contributed by atoms with Crippen molar-refractivity contribution in [2.75, 3.05) is 31.1 Å². The summed E-state index contributed by atoms with van der Waals surface area (Å²) in [6, 6.07) is 9.05. The van der Waals surface area contributed by atoms with E-state index >= 15 is 0 Å². The van der Waals surface area contributed by atoms with Crippen molar-refractivity contribution < 1.29 is 4.92 Å². The average Bonchev–Trinajstić information content (AvgIpc) is 2.53. The Balaban J connectivity index is 1.94. The summed E-state index contributed by atoms with van der Waals surface area (Å²) in [7, 11) is 0. The van der Waals surface area contributed by atoms with E-state index in [0.29, 0.717) is 0 Å². The first kappa shape index (κ1) is 15.3. The first-order valence-corrected chi connectivity index (χ1v) is 7.28. The van der Waals surface area contributed by atoms with Gasteiger partial charge in [-0.15, -0.1) is 0 Å². The summed E-state index contributed by atoms with van der Waals surface area (Å²) in [5.74, 6) is 0. The number of nitro benzene ring substituents is 1. The molecule has 112 valence electrons. The molecule has 1 unspecified atom stereocenters. The van der Waals surface area contributed by atoms with E-state index in [1.807, 2.05) is 0 Å². The van der Waals surface area contributed by atoms with Crippen LogP contribution in [0.5, 0.6) is 0 Å². The molecule has 0 saturated carbocycles. The molecule has 0 bridgehead atoms. The molecule has 21 heavy (non-hydrogen) atoms. The Labute approximate surface area is 124 Å². The molecule has 0 aliphatic carbocycles. The molecule has 1 aliphatic heterocycles. The van der Waals surface area contributed by atoms with E-state index in [1.54, 1.807) is 12.1 Å². The third-order valence-corrected chi connectivity index (χ3v) is 3.89. The van der Waals surface area contributed by atoms with Gasteiger partial charge in [-0.25, -0.2) is 0 Å². The summed E-state index contributed by atoms with van der Waals surface area (Å²) in [6.45, 7) is 5.50. The Bertz CT molecular complexity index is 515. The van der Waals surface area contributed by atoms with E-state index in [9.17, 15) is 15.4 Å². The fourth-order valence-electron chi connectivity index (χ4n) is 2.68. The van der Waals surface area contributed by atoms with E-state index in [1.165, 1.54) is 12.1 Å². The van der Waals surface area contributed by atoms with Gasteiger partial charge in [0.2, 0.25) is 0 Å². The molecule has 1 saturated heterocycles. The van der Waals surface area contributed by atoms with Crippen molar-refractivity contribution in [2.45, 2.75) is 25.8 Å². The Morgan fingerprint density at radius 1 is 1.29 bits per heavy atom. The van der Waals surface area contributed by atoms with E-state index in [-0.39, 0.29) is 16.7 Å². The second kappa shape index (κ2) is 7.04. The van der Waals surface area contributed by atoms with Gasteiger partial charge in [0.1, 0.15) is 0 Å². The minimum absolute atomic E-state index is 0.00834. The molecule has 1 aromatic carbocycles. The molecule has 2 rings (SSSR count). The Morgan fingerprint density at radius 3 is 2.38 bits per heavy atom. The fraction of sp³-hybridized carbons (Fsp3) is 0.533. The van der Waals surface area contributed by atoms with Gasteiger partial charge >= 0.3 is 0 Å². The molecule has 6 nitrogen and oxygen atoms in total. The number of benzene rings is 1. The van der Waals surface area contributed by atoms with Crippen LogP contribution in [0.25, 0.3) is 0 Å². The summed E-state index contributed by atoms with van der Waals surface area (Å²) in [5, 5.41) is 19.9. The number of nitrogens with zero attached hydrogens (tertiary/aromatic N) is 4. The predicted octanol–water partition coefficient (Wildman–Crippen LogP) is 2.41. The predicted molar refractivity (Wildman–Crippen MR) is 81.2 cm³/mol. The van der Waals surface area contributed by atoms with Crippen LogP contribution in [0.4, 0.5) is 11.4 Å². The molecular weight excluding hydrogens is 268 g/mol. The molecule has 1 aromatic rings. The van der Waals surface area contributed by atoms with Crippen LogP contribution in [0.2, 0.25) is 0 Å². The van der Waals surface area contributed by atoms with Crippen molar-refractivity contribution in [2.24, 2.45) is 0 Å². The van der Waals surface area contributed by atoms with Crippen molar-refractivity contribution >= 4 is 11.4 Å². The quantitative estimate of drug-likeness (QED) is 0.614. The maximum Gasteiger partial charge on any atom is 0.269 e. The summed E-state index contributed by atoms with van der Waals surface area (Å²) >= 11 is 0. The number of rotatable bonds is 5. The van der Waals surface area contributed by atoms with Crippen LogP contribution in [0.3, 0.4) is 0 Å². The highest BCUT2D eigenvalue weighted by Crippen LogP contribution is 2.21. The van der Waals surface area contributed by atoms with Gasteiger partial charge in [0.25, 0.3) is 5.69 Å². The van der Waals surface area contributed by atoms with Crippen LogP contribution >= 0.6 is 0 Å². The second-order valence-electron chi connectivity index (χ2n) is 5.23. The van der Waals surface area contributed by atoms with Gasteiger partial charge in [0, 0.05) is 44.0 Å². The number of hydrogen-bond donors (Lipinski definition) is 0. The van der Waals surface area contributed by atoms with Crippen molar-refractivity contribution in [3.05, 3.63) is 34.4 Å². The molecule has 1 fully saturated rings. The number of anilines is 1. The third-order valence-electron chi connectivity index (χ3n) is 3.89. The van der Waals surface area contributed by atoms with Crippen LogP contribution in [0, 0.1) is 21.4 Å². The Morgan fingerprint density at radius 2 is 1.90 bits per heavy atom. The third kappa shape index (κ3) is 3.70. The van der Waals surface area contributed by atoms with Crippen LogP contribution in [0.15, 0.2) is 24.3 Å². The largest absolute Gasteiger partial charge is 0.369 e. The summed E-state index contributed by atoms with van der Waals surface area (Å²) in [4.78, 5) is 14.7. The van der Waals surface area contributed by atoms with Gasteiger partial charge in [-0.05, 0) is 18.6 Å². The van der Waals surface area contributed by atoms with Crippen LogP contribution in [-0.4, -0.2) is 42.0 Å². The normalized spacial score (nSPS) is 17.2. The second-order valence-corrected chi connectivity index (χ2v) is 5.23. The van der Waals surface area contributed by atoms with Crippen LogP contribution in [-0.2, 0) is 0 Å². The summed E-state index contributed by atoms with van der Waals surface area (Å²) in [6.07, 6.45) is 1.93. The van der Waals surface area contributed by atoms with Crippen molar-refractivity contribution in [3.8, 4) is 6.07 Å². The highest BCUT2D eigenvalue weighted by atomic mass is 16.6. The molecule has 0 aromatic heterocycles. The smallest absolute Gasteiger partial charge is 0.269 e. The zero-order valence-corrected chi connectivity index (χ0v) is 12.2. The Hall–Kier alpha value is -2.13. The molecule has 1 aliphatic rings. The molecule has 6 heteroatoms. The maximum absolute atomic E-state index is 10.7. The number of non-ortho nitro benzene ring substituents is 1. The molecule has 1 atom stereocenters. The number of nitro groups is 1. The van der Waals surface area contributed by atoms with Gasteiger partial charge < -0.3 is 4.90 Å². The van der Waals surface area contributed by atoms with Gasteiger partial charge in [-0.3, -0.25) is 15.0 Å². The number of piperazine rings is 1. The minimum atomic E-state index is -0.385. The standard InChI is InChI=1S/C15H20N4O2/c1-2-3-15(12-16)18-10-8-17(9-11-18)13-4-6-14(7-5-13)19(20)21/h4-7,15H,2-3,8-11H2,1H3. The topological polar surface area (TPSA) is 73.4 Å².